The Labute approximate surface area is 346 Å². The van der Waals surface area contributed by atoms with Crippen molar-refractivity contribution < 1.29 is 4.92 Å². The van der Waals surface area contributed by atoms with E-state index in [0.717, 1.165) is 25.7 Å². The van der Waals surface area contributed by atoms with E-state index in [0.29, 0.717) is 0 Å². The van der Waals surface area contributed by atoms with Gasteiger partial charge in [-0.05, 0) is 101 Å². The summed E-state index contributed by atoms with van der Waals surface area (Å²) in [6, 6.07) is 43.3. The molecule has 1 aliphatic carbocycles. The summed E-state index contributed by atoms with van der Waals surface area (Å²) < 4.78 is 0. The maximum atomic E-state index is 12.2. The van der Waals surface area contributed by atoms with Crippen molar-refractivity contribution in [2.75, 3.05) is 0 Å². The molecule has 0 atom stereocenters. The molecule has 0 fully saturated rings. The number of nitro groups is 1. The fraction of sp³-hybridized carbons (Fsp3) is 0.396. The number of hydrogen-bond donors (Lipinski definition) is 0. The minimum absolute atomic E-state index is 0.176. The summed E-state index contributed by atoms with van der Waals surface area (Å²) >= 11 is 0. The second-order valence-electron chi connectivity index (χ2n) is 16.2. The highest BCUT2D eigenvalue weighted by atomic mass is 32.2. The smallest absolute Gasteiger partial charge is 0.258 e. The molecule has 3 nitrogen and oxygen atoms in total. The molecule has 5 aromatic carbocycles. The summed E-state index contributed by atoms with van der Waals surface area (Å²) in [4.78, 5) is 15.9. The van der Waals surface area contributed by atoms with Crippen molar-refractivity contribution in [2.45, 2.75) is 150 Å². The molecule has 298 valence electrons. The second kappa shape index (κ2) is 21.9. The first-order valence-corrected chi connectivity index (χ1v) is 23.3. The van der Waals surface area contributed by atoms with Gasteiger partial charge in [0.1, 0.15) is 0 Å². The number of nitro benzene ring substituents is 1. The van der Waals surface area contributed by atoms with E-state index in [9.17, 15) is 10.1 Å². The van der Waals surface area contributed by atoms with Gasteiger partial charge in [-0.25, -0.2) is 0 Å². The highest BCUT2D eigenvalue weighted by Gasteiger charge is 2.43. The number of non-ortho nitro benzene ring substituents is 1. The van der Waals surface area contributed by atoms with Crippen LogP contribution in [-0.4, -0.2) is 4.92 Å². The van der Waals surface area contributed by atoms with Gasteiger partial charge >= 0.3 is 0 Å². The molecule has 0 saturated carbocycles. The molecule has 0 N–H and O–H groups in total. The SMILES string of the molecule is CCCCCCCCCCC1(CCCCCCCCCC)c2cc(/C=C/c3ccc([S+](c4ccccc4)c4ccccc4)cc3)ccc2-c2ccc([N+](=O)[O-])cc21. The number of hydrogen-bond acceptors (Lipinski definition) is 2. The Morgan fingerprint density at radius 3 is 1.42 bits per heavy atom. The Morgan fingerprint density at radius 1 is 0.491 bits per heavy atom. The predicted molar refractivity (Wildman–Crippen MR) is 244 cm³/mol. The first-order valence-electron chi connectivity index (χ1n) is 22.1. The molecule has 0 bridgehead atoms. The van der Waals surface area contributed by atoms with Gasteiger partial charge in [0, 0.05) is 17.5 Å². The van der Waals surface area contributed by atoms with E-state index in [4.69, 9.17) is 0 Å². The van der Waals surface area contributed by atoms with Gasteiger partial charge in [0.2, 0.25) is 0 Å². The molecule has 0 heterocycles. The lowest BCUT2D eigenvalue weighted by molar-refractivity contribution is -0.384. The number of rotatable bonds is 24. The minimum atomic E-state index is -0.211. The van der Waals surface area contributed by atoms with Crippen molar-refractivity contribution in [3.8, 4) is 11.1 Å². The molecule has 0 aliphatic heterocycles. The maximum Gasteiger partial charge on any atom is 0.269 e. The summed E-state index contributed by atoms with van der Waals surface area (Å²) in [5.74, 6) is 0. The molecule has 0 spiro atoms. The molecule has 57 heavy (non-hydrogen) atoms. The van der Waals surface area contributed by atoms with Gasteiger partial charge < -0.3 is 0 Å². The van der Waals surface area contributed by atoms with Gasteiger partial charge in [-0.1, -0.05) is 183 Å². The number of nitrogens with zero attached hydrogens (tertiary/aromatic N) is 1. The van der Waals surface area contributed by atoms with Gasteiger partial charge in [-0.3, -0.25) is 10.1 Å². The van der Waals surface area contributed by atoms with Crippen LogP contribution in [0, 0.1) is 10.1 Å². The van der Waals surface area contributed by atoms with Crippen LogP contribution >= 0.6 is 0 Å². The van der Waals surface area contributed by atoms with Crippen molar-refractivity contribution >= 4 is 28.7 Å². The van der Waals surface area contributed by atoms with E-state index in [-0.39, 0.29) is 26.9 Å². The van der Waals surface area contributed by atoms with Crippen LogP contribution in [-0.2, 0) is 16.3 Å². The predicted octanol–water partition coefficient (Wildman–Crippen LogP) is 16.2. The molecule has 6 rings (SSSR count). The van der Waals surface area contributed by atoms with Crippen LogP contribution in [0.2, 0.25) is 0 Å². The Morgan fingerprint density at radius 2 is 0.912 bits per heavy atom. The Kier molecular flexibility index (Phi) is 16.2. The zero-order valence-electron chi connectivity index (χ0n) is 34.6. The molecular formula is C53H64NO2S+. The van der Waals surface area contributed by atoms with Crippen molar-refractivity contribution in [1.82, 2.24) is 0 Å². The minimum Gasteiger partial charge on any atom is -0.258 e. The van der Waals surface area contributed by atoms with E-state index in [2.05, 4.69) is 129 Å². The van der Waals surface area contributed by atoms with E-state index in [1.54, 1.807) is 6.07 Å². The first-order chi connectivity index (χ1) is 28.0. The van der Waals surface area contributed by atoms with Crippen molar-refractivity contribution in [1.29, 1.82) is 0 Å². The molecule has 4 heteroatoms. The van der Waals surface area contributed by atoms with Gasteiger partial charge in [0.05, 0.1) is 15.8 Å². The van der Waals surface area contributed by atoms with Gasteiger partial charge in [0.25, 0.3) is 5.69 Å². The Hall–Kier alpha value is -4.41. The third-order valence-corrected chi connectivity index (χ3v) is 14.3. The molecule has 0 radical (unpaired) electrons. The molecule has 1 aliphatic rings. The van der Waals surface area contributed by atoms with E-state index in [1.165, 1.54) is 138 Å². The summed E-state index contributed by atoms with van der Waals surface area (Å²) in [5.41, 5.74) is 7.36. The molecular weight excluding hydrogens is 715 g/mol. The first kappa shape index (κ1) is 42.2. The molecule has 0 aromatic heterocycles. The third kappa shape index (κ3) is 11.2. The monoisotopic (exact) mass is 778 g/mol. The third-order valence-electron chi connectivity index (χ3n) is 12.0. The van der Waals surface area contributed by atoms with Gasteiger partial charge in [-0.15, -0.1) is 0 Å². The largest absolute Gasteiger partial charge is 0.269 e. The fourth-order valence-corrected chi connectivity index (χ4v) is 11.0. The highest BCUT2D eigenvalue weighted by Crippen LogP contribution is 2.55. The molecule has 0 saturated heterocycles. The average Bonchev–Trinajstić information content (AvgIpc) is 3.51. The average molecular weight is 779 g/mol. The van der Waals surface area contributed by atoms with Crippen LogP contribution in [0.4, 0.5) is 5.69 Å². The molecule has 5 aromatic rings. The number of benzene rings is 5. The van der Waals surface area contributed by atoms with Crippen LogP contribution in [0.3, 0.4) is 0 Å². The standard InChI is InChI=1S/C53H64NO2S/c1-3-5-7-9-11-13-15-23-39-53(40-24-16-14-12-10-8-6-4-2)51-41-44(33-37-49(51)50-38-34-45(54(55)56)42-52(50)53)30-29-43-31-35-48(36-32-43)57(46-25-19-17-20-26-46)47-27-21-18-22-28-47/h17-22,25-38,41-42H,3-16,23-24,39-40H2,1-2H3/q+1/b30-29+. The zero-order valence-corrected chi connectivity index (χ0v) is 35.4. The topological polar surface area (TPSA) is 43.1 Å². The van der Waals surface area contributed by atoms with Crippen LogP contribution in [0.5, 0.6) is 0 Å². The van der Waals surface area contributed by atoms with Crippen LogP contribution in [0.15, 0.2) is 136 Å². The number of unbranched alkanes of at least 4 members (excludes halogenated alkanes) is 14. The van der Waals surface area contributed by atoms with Crippen molar-refractivity contribution in [2.24, 2.45) is 0 Å². The van der Waals surface area contributed by atoms with Crippen molar-refractivity contribution in [3.05, 3.63) is 154 Å². The van der Waals surface area contributed by atoms with Gasteiger partial charge in [-0.2, -0.15) is 0 Å². The summed E-state index contributed by atoms with van der Waals surface area (Å²) in [6.45, 7) is 4.56. The van der Waals surface area contributed by atoms with E-state index >= 15 is 0 Å². The van der Waals surface area contributed by atoms with E-state index in [1.807, 2.05) is 12.1 Å². The molecule has 0 amide bonds. The number of fused-ring (bicyclic) bond motifs is 3. The van der Waals surface area contributed by atoms with Crippen LogP contribution in [0.25, 0.3) is 23.3 Å². The maximum absolute atomic E-state index is 12.2. The summed E-state index contributed by atoms with van der Waals surface area (Å²) in [7, 11) is -0.176. The molecule has 0 unspecified atom stereocenters. The van der Waals surface area contributed by atoms with Crippen LogP contribution in [0.1, 0.15) is 152 Å². The Bertz CT molecular complexity index is 1940. The zero-order chi connectivity index (χ0) is 39.7. The van der Waals surface area contributed by atoms with Crippen molar-refractivity contribution in [3.63, 3.8) is 0 Å². The fourth-order valence-electron chi connectivity index (χ4n) is 8.93. The van der Waals surface area contributed by atoms with Gasteiger partial charge in [0.15, 0.2) is 14.7 Å². The highest BCUT2D eigenvalue weighted by molar-refractivity contribution is 7.97. The summed E-state index contributed by atoms with van der Waals surface area (Å²) in [5, 5.41) is 12.2. The van der Waals surface area contributed by atoms with E-state index < -0.39 is 0 Å². The Balaban J connectivity index is 1.26. The lowest BCUT2D eigenvalue weighted by atomic mass is 9.70. The normalized spacial score (nSPS) is 13.0. The lowest BCUT2D eigenvalue weighted by Gasteiger charge is -2.33. The summed E-state index contributed by atoms with van der Waals surface area (Å²) in [6.07, 6.45) is 27.0. The second-order valence-corrected chi connectivity index (χ2v) is 18.2. The quantitative estimate of drug-likeness (QED) is 0.0206. The lowest BCUT2D eigenvalue weighted by Crippen LogP contribution is -2.25. The van der Waals surface area contributed by atoms with Crippen LogP contribution < -0.4 is 0 Å².